The predicted molar refractivity (Wildman–Crippen MR) is 118 cm³/mol. The molecular weight excluding hydrogens is 436 g/mol. The quantitative estimate of drug-likeness (QED) is 0.595. The minimum absolute atomic E-state index is 0.0400. The van der Waals surface area contributed by atoms with Crippen LogP contribution in [0.3, 0.4) is 0 Å². The van der Waals surface area contributed by atoms with Crippen LogP contribution in [-0.2, 0) is 14.6 Å². The molecule has 10 heteroatoms. The number of hydrogen-bond acceptors (Lipinski definition) is 7. The van der Waals surface area contributed by atoms with E-state index in [-0.39, 0.29) is 33.9 Å². The standard InChI is InChI=1S/C22H24N2O7S/c1-5-31-19-11-14(9-10-18(19)30-3)17(12-32(4,28)29)24-21(26)15-7-6-8-16(23-13(2)25)20(15)22(24)27/h6-11,17H,5,12H2,1-4H3,(H,23,25)/t17-/m1/s1/i3D3,5D2. The molecule has 1 aliphatic heterocycles. The van der Waals surface area contributed by atoms with Gasteiger partial charge in [0.05, 0.1) is 49.1 Å². The zero-order chi connectivity index (χ0) is 27.9. The van der Waals surface area contributed by atoms with Gasteiger partial charge in [0.1, 0.15) is 9.84 Å². The van der Waals surface area contributed by atoms with Crippen LogP contribution >= 0.6 is 0 Å². The monoisotopic (exact) mass is 465 g/mol. The lowest BCUT2D eigenvalue weighted by Crippen LogP contribution is -2.37. The maximum Gasteiger partial charge on any atom is 0.264 e. The third-order valence-corrected chi connectivity index (χ3v) is 5.63. The summed E-state index contributed by atoms with van der Waals surface area (Å²) >= 11 is 0. The van der Waals surface area contributed by atoms with Crippen molar-refractivity contribution in [3.05, 3.63) is 53.1 Å². The third kappa shape index (κ3) is 4.59. The highest BCUT2D eigenvalue weighted by atomic mass is 32.2. The van der Waals surface area contributed by atoms with Crippen molar-refractivity contribution in [3.8, 4) is 11.5 Å². The highest BCUT2D eigenvalue weighted by molar-refractivity contribution is 7.90. The fraction of sp³-hybridized carbons (Fsp3) is 0.318. The predicted octanol–water partition coefficient (Wildman–Crippen LogP) is 2.43. The molecule has 0 aliphatic carbocycles. The first kappa shape index (κ1) is 17.2. The lowest BCUT2D eigenvalue weighted by molar-refractivity contribution is -0.114. The second kappa shape index (κ2) is 8.99. The number of carbonyl (C=O) groups excluding carboxylic acids is 3. The Morgan fingerprint density at radius 1 is 1.22 bits per heavy atom. The van der Waals surface area contributed by atoms with Crippen LogP contribution in [0.1, 0.15) is 53.0 Å². The van der Waals surface area contributed by atoms with Crippen molar-refractivity contribution in [2.24, 2.45) is 0 Å². The van der Waals surface area contributed by atoms with Gasteiger partial charge in [-0.05, 0) is 36.8 Å². The second-order valence-corrected chi connectivity index (χ2v) is 9.30. The molecule has 1 heterocycles. The first-order chi connectivity index (χ1) is 16.9. The molecular formula is C22H24N2O7S. The molecule has 2 aromatic rings. The van der Waals surface area contributed by atoms with Crippen molar-refractivity contribution in [2.75, 3.05) is 30.9 Å². The Hall–Kier alpha value is -3.40. The summed E-state index contributed by atoms with van der Waals surface area (Å²) in [6, 6.07) is 6.35. The minimum Gasteiger partial charge on any atom is -0.493 e. The van der Waals surface area contributed by atoms with Gasteiger partial charge in [-0.15, -0.1) is 0 Å². The van der Waals surface area contributed by atoms with E-state index in [1.807, 2.05) is 0 Å². The van der Waals surface area contributed by atoms with E-state index in [4.69, 9.17) is 16.3 Å². The molecule has 32 heavy (non-hydrogen) atoms. The molecule has 0 fully saturated rings. The summed E-state index contributed by atoms with van der Waals surface area (Å²) in [5, 5.41) is 2.48. The normalized spacial score (nSPS) is 17.3. The van der Waals surface area contributed by atoms with Crippen molar-refractivity contribution in [3.63, 3.8) is 0 Å². The van der Waals surface area contributed by atoms with E-state index in [0.717, 1.165) is 30.2 Å². The number of methoxy groups -OCH3 is 1. The van der Waals surface area contributed by atoms with Crippen LogP contribution in [0.4, 0.5) is 5.69 Å². The van der Waals surface area contributed by atoms with Gasteiger partial charge in [0.25, 0.3) is 11.8 Å². The van der Waals surface area contributed by atoms with Gasteiger partial charge in [-0.3, -0.25) is 19.3 Å². The number of anilines is 1. The Labute approximate surface area is 193 Å². The minimum atomic E-state index is -3.81. The molecule has 0 spiro atoms. The molecule has 170 valence electrons. The third-order valence-electron chi connectivity index (χ3n) is 4.70. The smallest absolute Gasteiger partial charge is 0.264 e. The van der Waals surface area contributed by atoms with Gasteiger partial charge >= 0.3 is 0 Å². The molecule has 0 unspecified atom stereocenters. The highest BCUT2D eigenvalue weighted by Crippen LogP contribution is 2.38. The average molecular weight is 466 g/mol. The molecule has 0 aromatic heterocycles. The Bertz CT molecular complexity index is 1370. The van der Waals surface area contributed by atoms with Crippen LogP contribution in [-0.4, -0.2) is 56.6 Å². The molecule has 2 aromatic carbocycles. The number of sulfone groups is 1. The summed E-state index contributed by atoms with van der Waals surface area (Å²) in [7, 11) is -6.72. The van der Waals surface area contributed by atoms with Crippen molar-refractivity contribution >= 4 is 33.2 Å². The van der Waals surface area contributed by atoms with E-state index in [1.54, 1.807) is 0 Å². The molecule has 0 saturated carbocycles. The van der Waals surface area contributed by atoms with Gasteiger partial charge in [0.15, 0.2) is 11.5 Å². The first-order valence-electron chi connectivity index (χ1n) is 11.8. The van der Waals surface area contributed by atoms with Crippen LogP contribution in [0.5, 0.6) is 11.5 Å². The number of carbonyl (C=O) groups is 3. The van der Waals surface area contributed by atoms with Gasteiger partial charge in [-0.1, -0.05) is 12.1 Å². The number of hydrogen-bond donors (Lipinski definition) is 1. The lowest BCUT2D eigenvalue weighted by atomic mass is 10.1. The SMILES string of the molecule is [2H]C([2H])([2H])Oc1ccc([C@@H](CS(C)(=O)=O)N2C(=O)c3cccc(NC(C)=O)c3C2=O)cc1OC([2H])([2H])C. The number of ether oxygens (including phenoxy) is 2. The zero-order valence-corrected chi connectivity index (χ0v) is 18.3. The van der Waals surface area contributed by atoms with Crippen molar-refractivity contribution < 1.29 is 39.1 Å². The molecule has 3 rings (SSSR count). The van der Waals surface area contributed by atoms with Gasteiger partial charge in [-0.25, -0.2) is 8.42 Å². The van der Waals surface area contributed by atoms with E-state index < -0.39 is 53.0 Å². The summed E-state index contributed by atoms with van der Waals surface area (Å²) in [6.45, 7) is -0.0112. The Balaban J connectivity index is 2.16. The number of nitrogens with one attached hydrogen (secondary N) is 1. The molecule has 1 aliphatic rings. The number of rotatable bonds is 8. The summed E-state index contributed by atoms with van der Waals surface area (Å²) in [4.78, 5) is 39.1. The fourth-order valence-electron chi connectivity index (χ4n) is 3.49. The number of imide groups is 1. The van der Waals surface area contributed by atoms with Crippen molar-refractivity contribution in [1.82, 2.24) is 4.90 Å². The molecule has 1 N–H and O–H groups in total. The van der Waals surface area contributed by atoms with E-state index in [1.165, 1.54) is 31.2 Å². The van der Waals surface area contributed by atoms with Crippen LogP contribution < -0.4 is 14.8 Å². The van der Waals surface area contributed by atoms with Crippen LogP contribution in [0.25, 0.3) is 0 Å². The summed E-state index contributed by atoms with van der Waals surface area (Å²) in [5.41, 5.74) is -0.0323. The Kier molecular flexibility index (Phi) is 4.83. The van der Waals surface area contributed by atoms with Gasteiger partial charge in [0.2, 0.25) is 5.91 Å². The van der Waals surface area contributed by atoms with E-state index >= 15 is 0 Å². The molecule has 3 amide bonds. The van der Waals surface area contributed by atoms with Gasteiger partial charge < -0.3 is 14.8 Å². The molecule has 0 saturated heterocycles. The number of amides is 3. The van der Waals surface area contributed by atoms with E-state index in [0.29, 0.717) is 0 Å². The maximum atomic E-state index is 13.4. The summed E-state index contributed by atoms with van der Waals surface area (Å²) in [6.07, 6.45) is 0.912. The van der Waals surface area contributed by atoms with Crippen LogP contribution in [0, 0.1) is 0 Å². The topological polar surface area (TPSA) is 119 Å². The number of nitrogens with zero attached hydrogens (tertiary/aromatic N) is 1. The molecule has 9 nitrogen and oxygen atoms in total. The highest BCUT2D eigenvalue weighted by Gasteiger charge is 2.43. The number of benzene rings is 2. The second-order valence-electron chi connectivity index (χ2n) is 7.11. The van der Waals surface area contributed by atoms with Crippen molar-refractivity contribution in [2.45, 2.75) is 19.9 Å². The van der Waals surface area contributed by atoms with Crippen LogP contribution in [0.15, 0.2) is 36.4 Å². The number of fused-ring (bicyclic) bond motifs is 1. The largest absolute Gasteiger partial charge is 0.493 e. The van der Waals surface area contributed by atoms with E-state index in [2.05, 4.69) is 5.32 Å². The molecule has 1 atom stereocenters. The first-order valence-corrected chi connectivity index (χ1v) is 11.4. The van der Waals surface area contributed by atoms with E-state index in [9.17, 15) is 22.8 Å². The fourth-order valence-corrected chi connectivity index (χ4v) is 4.41. The summed E-state index contributed by atoms with van der Waals surface area (Å²) in [5.74, 6) is -3.59. The maximum absolute atomic E-state index is 13.4. The summed E-state index contributed by atoms with van der Waals surface area (Å²) < 4.78 is 72.2. The lowest BCUT2D eigenvalue weighted by Gasteiger charge is -2.27. The van der Waals surface area contributed by atoms with Gasteiger partial charge in [-0.2, -0.15) is 0 Å². The average Bonchev–Trinajstić information content (AvgIpc) is 2.95. The molecule has 0 bridgehead atoms. The zero-order valence-electron chi connectivity index (χ0n) is 22.5. The Morgan fingerprint density at radius 3 is 2.59 bits per heavy atom. The van der Waals surface area contributed by atoms with Gasteiger partial charge in [0, 0.05) is 13.2 Å². The van der Waals surface area contributed by atoms with Crippen LogP contribution in [0.2, 0.25) is 0 Å². The molecule has 0 radical (unpaired) electrons. The van der Waals surface area contributed by atoms with Crippen molar-refractivity contribution in [1.29, 1.82) is 0 Å². The Morgan fingerprint density at radius 2 is 1.97 bits per heavy atom.